The molecule has 0 fully saturated rings. The molecule has 0 atom stereocenters. The summed E-state index contributed by atoms with van der Waals surface area (Å²) in [6.07, 6.45) is 3.53. The first-order valence-corrected chi connectivity index (χ1v) is 4.78. The van der Waals surface area contributed by atoms with Gasteiger partial charge in [-0.2, -0.15) is 0 Å². The number of carboxylic acid groups (broad SMARTS) is 2. The van der Waals surface area contributed by atoms with Crippen LogP contribution < -0.4 is 0 Å². The Morgan fingerprint density at radius 3 is 1.94 bits per heavy atom. The van der Waals surface area contributed by atoms with Gasteiger partial charge in [-0.3, -0.25) is 0 Å². The van der Waals surface area contributed by atoms with Crippen LogP contribution in [0.3, 0.4) is 0 Å². The van der Waals surface area contributed by atoms with Crippen LogP contribution in [0.5, 0.6) is 0 Å². The highest BCUT2D eigenvalue weighted by Gasteiger charge is 1.88. The van der Waals surface area contributed by atoms with Gasteiger partial charge in [0, 0.05) is 12.2 Å². The molecule has 4 nitrogen and oxygen atoms in total. The predicted octanol–water partition coefficient (Wildman–Crippen LogP) is 2.35. The summed E-state index contributed by atoms with van der Waals surface area (Å²) >= 11 is 0. The summed E-state index contributed by atoms with van der Waals surface area (Å²) < 4.78 is 0. The molecule has 0 saturated carbocycles. The zero-order valence-electron chi connectivity index (χ0n) is 9.46. The zero-order chi connectivity index (χ0) is 13.3. The second-order valence-electron chi connectivity index (χ2n) is 3.12. The van der Waals surface area contributed by atoms with Crippen molar-refractivity contribution in [2.24, 2.45) is 0 Å². The van der Waals surface area contributed by atoms with E-state index < -0.39 is 11.9 Å². The van der Waals surface area contributed by atoms with Gasteiger partial charge in [0.15, 0.2) is 0 Å². The number of aliphatic carboxylic acids is 2. The fourth-order valence-corrected chi connectivity index (χ4v) is 0.845. The maximum Gasteiger partial charge on any atom is 0.328 e. The van der Waals surface area contributed by atoms with E-state index in [4.69, 9.17) is 10.2 Å². The zero-order valence-corrected chi connectivity index (χ0v) is 9.46. The van der Waals surface area contributed by atoms with Crippen LogP contribution in [0.15, 0.2) is 43.0 Å². The van der Waals surface area contributed by atoms with Gasteiger partial charge >= 0.3 is 11.9 Å². The van der Waals surface area contributed by atoms with Crippen LogP contribution >= 0.6 is 0 Å². The van der Waals surface area contributed by atoms with Crippen LogP contribution in [0.2, 0.25) is 0 Å². The van der Waals surface area contributed by atoms with Crippen LogP contribution in [0.25, 0.3) is 6.08 Å². The van der Waals surface area contributed by atoms with Gasteiger partial charge in [0.25, 0.3) is 0 Å². The Kier molecular flexibility index (Phi) is 6.78. The van der Waals surface area contributed by atoms with Gasteiger partial charge in [-0.1, -0.05) is 36.4 Å². The standard InChI is InChI=1S/C10H10O2.C3H4O2/c1-8-2-4-9(5-3-8)6-7-10(11)12;1-2-3(4)5/h2-7H,1H3,(H,11,12);2H,1H2,(H,4,5). The summed E-state index contributed by atoms with van der Waals surface area (Å²) in [5.41, 5.74) is 2.07. The summed E-state index contributed by atoms with van der Waals surface area (Å²) in [4.78, 5) is 19.4. The Bertz CT molecular complexity index is 416. The molecule has 0 aliphatic heterocycles. The first-order valence-electron chi connectivity index (χ1n) is 4.78. The lowest BCUT2D eigenvalue weighted by atomic mass is 10.1. The molecule has 0 saturated heterocycles. The average molecular weight is 234 g/mol. The fraction of sp³-hybridized carbons (Fsp3) is 0.0769. The minimum absolute atomic E-state index is 0.833. The summed E-state index contributed by atoms with van der Waals surface area (Å²) in [6, 6.07) is 7.66. The summed E-state index contributed by atoms with van der Waals surface area (Å²) in [7, 11) is 0. The molecule has 0 aliphatic carbocycles. The highest BCUT2D eigenvalue weighted by molar-refractivity contribution is 5.85. The van der Waals surface area contributed by atoms with E-state index in [9.17, 15) is 9.59 Å². The minimum atomic E-state index is -0.981. The third-order valence-electron chi connectivity index (χ3n) is 1.67. The van der Waals surface area contributed by atoms with Gasteiger partial charge in [-0.25, -0.2) is 9.59 Å². The quantitative estimate of drug-likeness (QED) is 0.787. The van der Waals surface area contributed by atoms with Gasteiger partial charge < -0.3 is 10.2 Å². The molecule has 0 aliphatic rings. The van der Waals surface area contributed by atoms with Gasteiger partial charge in [-0.15, -0.1) is 0 Å². The SMILES string of the molecule is C=CC(=O)O.Cc1ccc(C=CC(=O)O)cc1. The van der Waals surface area contributed by atoms with Gasteiger partial charge in [0.2, 0.25) is 0 Å². The molecule has 17 heavy (non-hydrogen) atoms. The molecule has 0 aromatic heterocycles. The number of carbonyl (C=O) groups is 2. The Morgan fingerprint density at radius 1 is 1.12 bits per heavy atom. The van der Waals surface area contributed by atoms with Gasteiger partial charge in [0.05, 0.1) is 0 Å². The van der Waals surface area contributed by atoms with Crippen LogP contribution in [-0.2, 0) is 9.59 Å². The van der Waals surface area contributed by atoms with Crippen LogP contribution in [0.4, 0.5) is 0 Å². The lowest BCUT2D eigenvalue weighted by Crippen LogP contribution is -1.85. The lowest BCUT2D eigenvalue weighted by molar-refractivity contribution is -0.132. The first-order chi connectivity index (χ1) is 7.95. The van der Waals surface area contributed by atoms with Gasteiger partial charge in [0.1, 0.15) is 0 Å². The van der Waals surface area contributed by atoms with Crippen molar-refractivity contribution in [3.05, 3.63) is 54.1 Å². The Hall–Kier alpha value is -2.36. The maximum atomic E-state index is 10.2. The van der Waals surface area contributed by atoms with Crippen molar-refractivity contribution in [2.45, 2.75) is 6.92 Å². The second kappa shape index (κ2) is 7.87. The summed E-state index contributed by atoms with van der Waals surface area (Å²) in [6.45, 7) is 4.95. The van der Waals surface area contributed by atoms with Crippen molar-refractivity contribution >= 4 is 18.0 Å². The largest absolute Gasteiger partial charge is 0.478 e. The molecule has 1 aromatic carbocycles. The van der Waals surface area contributed by atoms with Crippen molar-refractivity contribution in [1.29, 1.82) is 0 Å². The molecule has 0 heterocycles. The Labute approximate surface area is 99.5 Å². The van der Waals surface area contributed by atoms with E-state index in [2.05, 4.69) is 6.58 Å². The highest BCUT2D eigenvalue weighted by Crippen LogP contribution is 2.04. The van der Waals surface area contributed by atoms with Crippen molar-refractivity contribution in [1.82, 2.24) is 0 Å². The van der Waals surface area contributed by atoms with Gasteiger partial charge in [-0.05, 0) is 18.6 Å². The first kappa shape index (κ1) is 14.6. The number of hydrogen-bond acceptors (Lipinski definition) is 2. The van der Waals surface area contributed by atoms with Crippen molar-refractivity contribution in [3.8, 4) is 0 Å². The molecule has 90 valence electrons. The predicted molar refractivity (Wildman–Crippen MR) is 65.7 cm³/mol. The van der Waals surface area contributed by atoms with E-state index in [1.807, 2.05) is 31.2 Å². The highest BCUT2D eigenvalue weighted by atomic mass is 16.4. The number of rotatable bonds is 3. The summed E-state index contributed by atoms with van der Waals surface area (Å²) in [5.74, 6) is -1.90. The molecule has 0 radical (unpaired) electrons. The molecule has 1 rings (SSSR count). The molecular weight excluding hydrogens is 220 g/mol. The topological polar surface area (TPSA) is 74.6 Å². The fourth-order valence-electron chi connectivity index (χ4n) is 0.845. The van der Waals surface area contributed by atoms with E-state index >= 15 is 0 Å². The normalized spacial score (nSPS) is 9.24. The molecule has 2 N–H and O–H groups in total. The third kappa shape index (κ3) is 8.62. The van der Waals surface area contributed by atoms with E-state index in [0.29, 0.717) is 0 Å². The molecule has 0 unspecified atom stereocenters. The van der Waals surface area contributed by atoms with Crippen LogP contribution in [-0.4, -0.2) is 22.2 Å². The monoisotopic (exact) mass is 234 g/mol. The molecule has 4 heteroatoms. The molecule has 1 aromatic rings. The molecule has 0 amide bonds. The number of hydrogen-bond donors (Lipinski definition) is 2. The minimum Gasteiger partial charge on any atom is -0.478 e. The van der Waals surface area contributed by atoms with Crippen molar-refractivity contribution < 1.29 is 19.8 Å². The average Bonchev–Trinajstić information content (AvgIpc) is 2.29. The third-order valence-corrected chi connectivity index (χ3v) is 1.67. The number of benzene rings is 1. The van der Waals surface area contributed by atoms with Crippen LogP contribution in [0, 0.1) is 6.92 Å². The molecular formula is C13H14O4. The lowest BCUT2D eigenvalue weighted by Gasteiger charge is -1.92. The number of aryl methyl sites for hydroxylation is 1. The Balaban J connectivity index is 0.000000437. The Morgan fingerprint density at radius 2 is 1.59 bits per heavy atom. The van der Waals surface area contributed by atoms with E-state index in [1.54, 1.807) is 6.08 Å². The van der Waals surface area contributed by atoms with Crippen LogP contribution in [0.1, 0.15) is 11.1 Å². The van der Waals surface area contributed by atoms with E-state index in [1.165, 1.54) is 5.56 Å². The van der Waals surface area contributed by atoms with E-state index in [0.717, 1.165) is 17.7 Å². The van der Waals surface area contributed by atoms with Crippen molar-refractivity contribution in [2.75, 3.05) is 0 Å². The molecule has 0 bridgehead atoms. The maximum absolute atomic E-state index is 10.2. The smallest absolute Gasteiger partial charge is 0.328 e. The number of carboxylic acids is 2. The molecule has 0 spiro atoms. The van der Waals surface area contributed by atoms with E-state index in [-0.39, 0.29) is 0 Å². The summed E-state index contributed by atoms with van der Waals surface area (Å²) in [5, 5.41) is 15.9. The second-order valence-corrected chi connectivity index (χ2v) is 3.12. The van der Waals surface area contributed by atoms with Crippen molar-refractivity contribution in [3.63, 3.8) is 0 Å².